The molecule has 1 aromatic rings. The van der Waals surface area contributed by atoms with E-state index in [1.165, 1.54) is 30.6 Å². The van der Waals surface area contributed by atoms with Gasteiger partial charge in [-0.05, 0) is 57.5 Å². The van der Waals surface area contributed by atoms with Crippen molar-refractivity contribution in [1.82, 2.24) is 4.90 Å². The van der Waals surface area contributed by atoms with Gasteiger partial charge in [0.25, 0.3) is 0 Å². The summed E-state index contributed by atoms with van der Waals surface area (Å²) < 4.78 is 1.15. The first-order chi connectivity index (χ1) is 10.0. The Bertz CT molecular complexity index is 461. The van der Waals surface area contributed by atoms with Gasteiger partial charge in [0.05, 0.1) is 0 Å². The number of nitrogens with zero attached hydrogens (tertiary/aromatic N) is 2. The maximum Gasteiger partial charge on any atom is 0.0414 e. The largest absolute Gasteiger partial charge is 0.367 e. The van der Waals surface area contributed by atoms with Crippen molar-refractivity contribution in [1.29, 1.82) is 0 Å². The van der Waals surface area contributed by atoms with Gasteiger partial charge in [0.15, 0.2) is 0 Å². The van der Waals surface area contributed by atoms with E-state index < -0.39 is 0 Å². The van der Waals surface area contributed by atoms with Crippen LogP contribution in [0.15, 0.2) is 22.7 Å². The molecule has 2 N–H and O–H groups in total. The predicted octanol–water partition coefficient (Wildman–Crippen LogP) is 3.26. The Labute approximate surface area is 137 Å². The summed E-state index contributed by atoms with van der Waals surface area (Å²) in [6.45, 7) is 7.83. The van der Waals surface area contributed by atoms with Crippen molar-refractivity contribution in [2.75, 3.05) is 31.6 Å². The summed E-state index contributed by atoms with van der Waals surface area (Å²) in [5, 5.41) is 0. The third kappa shape index (κ3) is 4.44. The summed E-state index contributed by atoms with van der Waals surface area (Å²) in [5.74, 6) is 0. The molecule has 21 heavy (non-hydrogen) atoms. The lowest BCUT2D eigenvalue weighted by Gasteiger charge is -2.34. The van der Waals surface area contributed by atoms with Crippen LogP contribution in [0.4, 0.5) is 5.69 Å². The summed E-state index contributed by atoms with van der Waals surface area (Å²) in [4.78, 5) is 5.06. The van der Waals surface area contributed by atoms with Crippen LogP contribution in [0.1, 0.15) is 32.3 Å². The zero-order chi connectivity index (χ0) is 15.4. The highest BCUT2D eigenvalue weighted by molar-refractivity contribution is 9.10. The number of likely N-dealkylation sites (N-methyl/N-ethyl adjacent to an activating group) is 1. The molecule has 1 aromatic carbocycles. The molecule has 0 bridgehead atoms. The maximum atomic E-state index is 6.04. The van der Waals surface area contributed by atoms with Crippen molar-refractivity contribution in [3.63, 3.8) is 0 Å². The van der Waals surface area contributed by atoms with Gasteiger partial charge in [-0.2, -0.15) is 0 Å². The first-order valence-corrected chi connectivity index (χ1v) is 8.79. The summed E-state index contributed by atoms with van der Waals surface area (Å²) in [5.41, 5.74) is 8.78. The number of benzene rings is 1. The van der Waals surface area contributed by atoms with Gasteiger partial charge in [-0.25, -0.2) is 0 Å². The minimum absolute atomic E-state index is 0.194. The lowest BCUT2D eigenvalue weighted by atomic mass is 10.0. The minimum Gasteiger partial charge on any atom is -0.367 e. The maximum absolute atomic E-state index is 6.04. The van der Waals surface area contributed by atoms with E-state index in [-0.39, 0.29) is 6.04 Å². The molecule has 0 amide bonds. The third-order valence-corrected chi connectivity index (χ3v) is 4.77. The molecule has 1 fully saturated rings. The van der Waals surface area contributed by atoms with Crippen LogP contribution in [0.5, 0.6) is 0 Å². The highest BCUT2D eigenvalue weighted by atomic mass is 79.9. The molecule has 118 valence electrons. The molecule has 2 rings (SSSR count). The molecule has 1 aliphatic rings. The van der Waals surface area contributed by atoms with Crippen LogP contribution in [-0.2, 0) is 6.42 Å². The second-order valence-electron chi connectivity index (χ2n) is 6.33. The molecular weight excluding hydrogens is 326 g/mol. The SMILES string of the molecule is CCC1CN(C)CCCN1c1cc(Br)ccc1CC(C)N. The quantitative estimate of drug-likeness (QED) is 0.901. The van der Waals surface area contributed by atoms with E-state index in [4.69, 9.17) is 5.73 Å². The summed E-state index contributed by atoms with van der Waals surface area (Å²) in [6.07, 6.45) is 3.33. The molecule has 1 aliphatic heterocycles. The molecule has 0 saturated carbocycles. The van der Waals surface area contributed by atoms with E-state index in [9.17, 15) is 0 Å². The molecule has 0 spiro atoms. The summed E-state index contributed by atoms with van der Waals surface area (Å²) in [7, 11) is 2.23. The molecule has 0 radical (unpaired) electrons. The van der Waals surface area contributed by atoms with Crippen LogP contribution in [0.2, 0.25) is 0 Å². The van der Waals surface area contributed by atoms with Crippen LogP contribution in [0.3, 0.4) is 0 Å². The van der Waals surface area contributed by atoms with E-state index in [1.807, 2.05) is 0 Å². The molecule has 2 atom stereocenters. The van der Waals surface area contributed by atoms with Crippen molar-refractivity contribution in [2.24, 2.45) is 5.73 Å². The average Bonchev–Trinajstić information content (AvgIpc) is 2.61. The Hall–Kier alpha value is -0.580. The lowest BCUT2D eigenvalue weighted by molar-refractivity contribution is 0.328. The number of anilines is 1. The van der Waals surface area contributed by atoms with Crippen LogP contribution in [0.25, 0.3) is 0 Å². The van der Waals surface area contributed by atoms with Crippen molar-refractivity contribution < 1.29 is 0 Å². The fourth-order valence-corrected chi connectivity index (χ4v) is 3.58. The molecule has 0 aromatic heterocycles. The van der Waals surface area contributed by atoms with Crippen molar-refractivity contribution in [2.45, 2.75) is 45.2 Å². The van der Waals surface area contributed by atoms with Crippen molar-refractivity contribution in [3.8, 4) is 0 Å². The van der Waals surface area contributed by atoms with E-state index in [2.05, 4.69) is 64.8 Å². The highest BCUT2D eigenvalue weighted by Gasteiger charge is 2.24. The van der Waals surface area contributed by atoms with Crippen LogP contribution in [-0.4, -0.2) is 43.7 Å². The fraction of sp³-hybridized carbons (Fsp3) is 0.647. The number of hydrogen-bond acceptors (Lipinski definition) is 3. The van der Waals surface area contributed by atoms with Gasteiger partial charge in [-0.15, -0.1) is 0 Å². The van der Waals surface area contributed by atoms with Crippen molar-refractivity contribution in [3.05, 3.63) is 28.2 Å². The third-order valence-electron chi connectivity index (χ3n) is 4.27. The molecule has 1 saturated heterocycles. The van der Waals surface area contributed by atoms with Gasteiger partial charge in [0, 0.05) is 35.3 Å². The lowest BCUT2D eigenvalue weighted by Crippen LogP contribution is -2.40. The monoisotopic (exact) mass is 353 g/mol. The Kier molecular flexibility index (Phi) is 6.08. The van der Waals surface area contributed by atoms with Crippen LogP contribution >= 0.6 is 15.9 Å². The summed E-state index contributed by atoms with van der Waals surface area (Å²) in [6, 6.07) is 7.40. The van der Waals surface area contributed by atoms with E-state index in [0.717, 1.165) is 24.0 Å². The standard InChI is InChI=1S/C17H28BrN3/c1-4-16-12-20(3)8-5-9-21(16)17-11-15(18)7-6-14(17)10-13(2)19/h6-7,11,13,16H,4-5,8-10,12,19H2,1-3H3. The topological polar surface area (TPSA) is 32.5 Å². The van der Waals surface area contributed by atoms with E-state index in [1.54, 1.807) is 0 Å². The van der Waals surface area contributed by atoms with Crippen LogP contribution < -0.4 is 10.6 Å². The van der Waals surface area contributed by atoms with E-state index >= 15 is 0 Å². The second-order valence-corrected chi connectivity index (χ2v) is 7.24. The Morgan fingerprint density at radius 3 is 2.81 bits per heavy atom. The smallest absolute Gasteiger partial charge is 0.0414 e. The average molecular weight is 354 g/mol. The van der Waals surface area contributed by atoms with Gasteiger partial charge in [0.1, 0.15) is 0 Å². The molecule has 4 heteroatoms. The second kappa shape index (κ2) is 7.61. The fourth-order valence-electron chi connectivity index (χ4n) is 3.23. The Morgan fingerprint density at radius 1 is 1.38 bits per heavy atom. The number of rotatable bonds is 4. The molecule has 3 nitrogen and oxygen atoms in total. The van der Waals surface area contributed by atoms with Gasteiger partial charge >= 0.3 is 0 Å². The first-order valence-electron chi connectivity index (χ1n) is 8.00. The number of halogens is 1. The molecule has 2 unspecified atom stereocenters. The van der Waals surface area contributed by atoms with Crippen molar-refractivity contribution >= 4 is 21.6 Å². The molecular formula is C17H28BrN3. The zero-order valence-corrected chi connectivity index (χ0v) is 15.1. The van der Waals surface area contributed by atoms with Gasteiger partial charge in [0.2, 0.25) is 0 Å². The summed E-state index contributed by atoms with van der Waals surface area (Å²) >= 11 is 3.63. The number of hydrogen-bond donors (Lipinski definition) is 1. The zero-order valence-electron chi connectivity index (χ0n) is 13.5. The van der Waals surface area contributed by atoms with Crippen LogP contribution in [0, 0.1) is 0 Å². The molecule has 0 aliphatic carbocycles. The Morgan fingerprint density at radius 2 is 2.14 bits per heavy atom. The predicted molar refractivity (Wildman–Crippen MR) is 95.0 cm³/mol. The first kappa shape index (κ1) is 16.8. The molecule has 1 heterocycles. The van der Waals surface area contributed by atoms with Gasteiger partial charge in [-0.3, -0.25) is 0 Å². The van der Waals surface area contributed by atoms with E-state index in [0.29, 0.717) is 6.04 Å². The minimum atomic E-state index is 0.194. The Balaban J connectivity index is 2.34. The number of nitrogens with two attached hydrogens (primary N) is 1. The van der Waals surface area contributed by atoms with Gasteiger partial charge in [-0.1, -0.05) is 28.9 Å². The highest BCUT2D eigenvalue weighted by Crippen LogP contribution is 2.30. The normalized spacial score (nSPS) is 22.1. The van der Waals surface area contributed by atoms with Gasteiger partial charge < -0.3 is 15.5 Å².